The van der Waals surface area contributed by atoms with Crippen LogP contribution >= 0.6 is 11.3 Å². The molecule has 25 heavy (non-hydrogen) atoms. The molecule has 1 N–H and O–H groups in total. The molecule has 0 fully saturated rings. The van der Waals surface area contributed by atoms with Gasteiger partial charge in [-0.15, -0.1) is 11.3 Å². The number of amides is 1. The summed E-state index contributed by atoms with van der Waals surface area (Å²) in [5.41, 5.74) is -0.634. The van der Waals surface area contributed by atoms with Gasteiger partial charge in [0.25, 0.3) is 10.0 Å². The van der Waals surface area contributed by atoms with Gasteiger partial charge >= 0.3 is 0 Å². The second-order valence-corrected chi connectivity index (χ2v) is 9.22. The minimum Gasteiger partial charge on any atom is -0.350 e. The molecule has 1 aromatic carbocycles. The van der Waals surface area contributed by atoms with Crippen molar-refractivity contribution in [2.45, 2.75) is 36.9 Å². The van der Waals surface area contributed by atoms with Crippen molar-refractivity contribution in [2.24, 2.45) is 0 Å². The van der Waals surface area contributed by atoms with Gasteiger partial charge < -0.3 is 5.32 Å². The molecule has 0 unspecified atom stereocenters. The van der Waals surface area contributed by atoms with Crippen LogP contribution in [0.3, 0.4) is 0 Å². The van der Waals surface area contributed by atoms with E-state index in [0.717, 1.165) is 15.6 Å². The van der Waals surface area contributed by atoms with Crippen molar-refractivity contribution in [1.29, 1.82) is 0 Å². The first kappa shape index (κ1) is 19.4. The summed E-state index contributed by atoms with van der Waals surface area (Å²) in [4.78, 5) is 12.4. The van der Waals surface area contributed by atoms with E-state index < -0.39 is 33.8 Å². The Morgan fingerprint density at radius 2 is 1.92 bits per heavy atom. The zero-order valence-electron chi connectivity index (χ0n) is 14.3. The van der Waals surface area contributed by atoms with E-state index >= 15 is 0 Å². The summed E-state index contributed by atoms with van der Waals surface area (Å²) in [6, 6.07) is 8.54. The van der Waals surface area contributed by atoms with E-state index in [2.05, 4.69) is 5.32 Å². The topological polar surface area (TPSA) is 66.5 Å². The number of nitrogens with one attached hydrogen (secondary N) is 1. The van der Waals surface area contributed by atoms with E-state index in [4.69, 9.17) is 0 Å². The lowest BCUT2D eigenvalue weighted by molar-refractivity contribution is -0.121. The van der Waals surface area contributed by atoms with Gasteiger partial charge in [-0.25, -0.2) is 12.8 Å². The first-order valence-electron chi connectivity index (χ1n) is 7.79. The van der Waals surface area contributed by atoms with Crippen LogP contribution in [-0.2, 0) is 14.8 Å². The Bertz CT molecular complexity index is 833. The van der Waals surface area contributed by atoms with Crippen LogP contribution in [0.15, 0.2) is 46.0 Å². The van der Waals surface area contributed by atoms with Gasteiger partial charge in [-0.1, -0.05) is 25.1 Å². The van der Waals surface area contributed by atoms with Gasteiger partial charge in [0, 0.05) is 5.54 Å². The molecule has 1 amide bonds. The zero-order chi connectivity index (χ0) is 18.7. The molecule has 0 atom stereocenters. The van der Waals surface area contributed by atoms with Crippen molar-refractivity contribution in [3.63, 3.8) is 0 Å². The van der Waals surface area contributed by atoms with Crippen LogP contribution in [0.25, 0.3) is 0 Å². The van der Waals surface area contributed by atoms with Gasteiger partial charge in [0.15, 0.2) is 0 Å². The fraction of sp³-hybridized carbons (Fsp3) is 0.353. The van der Waals surface area contributed by atoms with Crippen molar-refractivity contribution in [2.75, 3.05) is 10.8 Å². The second kappa shape index (κ2) is 7.53. The molecule has 2 rings (SSSR count). The summed E-state index contributed by atoms with van der Waals surface area (Å²) in [7, 11) is -4.04. The summed E-state index contributed by atoms with van der Waals surface area (Å²) in [6.45, 7) is 5.10. The molecular formula is C17H21FN2O3S2. The van der Waals surface area contributed by atoms with Crippen LogP contribution < -0.4 is 9.62 Å². The van der Waals surface area contributed by atoms with Gasteiger partial charge in [-0.05, 0) is 43.8 Å². The molecular weight excluding hydrogens is 363 g/mol. The van der Waals surface area contributed by atoms with Crippen LogP contribution in [0, 0.1) is 5.82 Å². The van der Waals surface area contributed by atoms with Gasteiger partial charge in [-0.2, -0.15) is 0 Å². The SMILES string of the molecule is CCC(C)(C)NC(=O)CN(c1ccccc1F)S(=O)(=O)c1cccs1. The summed E-state index contributed by atoms with van der Waals surface area (Å²) >= 11 is 1.02. The number of benzene rings is 1. The average molecular weight is 384 g/mol. The minimum absolute atomic E-state index is 0.0540. The van der Waals surface area contributed by atoms with Crippen molar-refractivity contribution in [3.05, 3.63) is 47.6 Å². The third-order valence-electron chi connectivity index (χ3n) is 3.81. The molecule has 5 nitrogen and oxygen atoms in total. The molecule has 0 aliphatic heterocycles. The number of nitrogens with zero attached hydrogens (tertiary/aromatic N) is 1. The maximum atomic E-state index is 14.2. The molecule has 1 heterocycles. The molecule has 0 spiro atoms. The Labute approximate surface area is 151 Å². The maximum absolute atomic E-state index is 14.2. The largest absolute Gasteiger partial charge is 0.350 e. The van der Waals surface area contributed by atoms with Gasteiger partial charge in [0.2, 0.25) is 5.91 Å². The molecule has 0 bridgehead atoms. The van der Waals surface area contributed by atoms with Crippen molar-refractivity contribution in [3.8, 4) is 0 Å². The number of hydrogen-bond donors (Lipinski definition) is 1. The number of anilines is 1. The monoisotopic (exact) mass is 384 g/mol. The normalized spacial score (nSPS) is 12.0. The van der Waals surface area contributed by atoms with Gasteiger partial charge in [0.05, 0.1) is 5.69 Å². The number of sulfonamides is 1. The molecule has 8 heteroatoms. The highest BCUT2D eigenvalue weighted by molar-refractivity contribution is 7.94. The van der Waals surface area contributed by atoms with E-state index in [-0.39, 0.29) is 9.90 Å². The maximum Gasteiger partial charge on any atom is 0.274 e. The van der Waals surface area contributed by atoms with E-state index in [0.29, 0.717) is 6.42 Å². The lowest BCUT2D eigenvalue weighted by Gasteiger charge is -2.28. The van der Waals surface area contributed by atoms with Gasteiger partial charge in [-0.3, -0.25) is 9.10 Å². The first-order valence-corrected chi connectivity index (χ1v) is 10.1. The van der Waals surface area contributed by atoms with Gasteiger partial charge in [0.1, 0.15) is 16.6 Å². The Morgan fingerprint density at radius 1 is 1.24 bits per heavy atom. The highest BCUT2D eigenvalue weighted by Gasteiger charge is 2.31. The Morgan fingerprint density at radius 3 is 2.48 bits per heavy atom. The molecule has 1 aromatic heterocycles. The molecule has 0 saturated heterocycles. The summed E-state index contributed by atoms with van der Waals surface area (Å²) in [6.07, 6.45) is 0.677. The van der Waals surface area contributed by atoms with Crippen LogP contribution in [0.1, 0.15) is 27.2 Å². The van der Waals surface area contributed by atoms with Crippen molar-refractivity contribution < 1.29 is 17.6 Å². The highest BCUT2D eigenvalue weighted by atomic mass is 32.2. The van der Waals surface area contributed by atoms with Crippen LogP contribution in [-0.4, -0.2) is 26.4 Å². The lowest BCUT2D eigenvalue weighted by Crippen LogP contribution is -2.48. The Hall–Kier alpha value is -1.93. The first-order chi connectivity index (χ1) is 11.7. The number of thiophene rings is 1. The van der Waals surface area contributed by atoms with E-state index in [1.54, 1.807) is 11.4 Å². The summed E-state index contributed by atoms with van der Waals surface area (Å²) in [5.74, 6) is -1.19. The predicted molar refractivity (Wildman–Crippen MR) is 97.8 cm³/mol. The number of hydrogen-bond acceptors (Lipinski definition) is 4. The fourth-order valence-corrected chi connectivity index (χ4v) is 4.64. The number of carbonyl (C=O) groups excluding carboxylic acids is 1. The number of rotatable bonds is 7. The van der Waals surface area contributed by atoms with Crippen molar-refractivity contribution >= 4 is 33.0 Å². The van der Waals surface area contributed by atoms with Crippen LogP contribution in [0.5, 0.6) is 0 Å². The molecule has 136 valence electrons. The molecule has 0 aliphatic carbocycles. The van der Waals surface area contributed by atoms with Crippen LogP contribution in [0.4, 0.5) is 10.1 Å². The molecule has 2 aromatic rings. The number of carbonyl (C=O) groups is 1. The summed E-state index contributed by atoms with van der Waals surface area (Å²) in [5, 5.41) is 4.40. The second-order valence-electron chi connectivity index (χ2n) is 6.18. The number of para-hydroxylation sites is 1. The summed E-state index contributed by atoms with van der Waals surface area (Å²) < 4.78 is 40.9. The third-order valence-corrected chi connectivity index (χ3v) is 6.94. The standard InChI is InChI=1S/C17H21FN2O3S2/c1-4-17(2,3)19-15(21)12-20(14-9-6-5-8-13(14)18)25(22,23)16-10-7-11-24-16/h5-11H,4,12H2,1-3H3,(H,19,21). The lowest BCUT2D eigenvalue weighted by atomic mass is 10.0. The fourth-order valence-electron chi connectivity index (χ4n) is 2.11. The van der Waals surface area contributed by atoms with E-state index in [1.807, 2.05) is 20.8 Å². The smallest absolute Gasteiger partial charge is 0.274 e. The third kappa shape index (κ3) is 4.58. The molecule has 0 radical (unpaired) electrons. The average Bonchev–Trinajstić information content (AvgIpc) is 3.08. The Balaban J connectivity index is 2.41. The Kier molecular flexibility index (Phi) is 5.84. The number of halogens is 1. The van der Waals surface area contributed by atoms with Crippen molar-refractivity contribution in [1.82, 2.24) is 5.32 Å². The predicted octanol–water partition coefficient (Wildman–Crippen LogP) is 3.39. The quantitative estimate of drug-likeness (QED) is 0.796. The van der Waals surface area contributed by atoms with E-state index in [9.17, 15) is 17.6 Å². The molecule has 0 saturated carbocycles. The highest BCUT2D eigenvalue weighted by Crippen LogP contribution is 2.28. The van der Waals surface area contributed by atoms with E-state index in [1.165, 1.54) is 30.3 Å². The molecule has 0 aliphatic rings. The zero-order valence-corrected chi connectivity index (χ0v) is 16.0. The minimum atomic E-state index is -4.04. The van der Waals surface area contributed by atoms with Crippen LogP contribution in [0.2, 0.25) is 0 Å².